The van der Waals surface area contributed by atoms with Gasteiger partial charge in [0.05, 0.1) is 9.79 Å². The molecule has 0 aliphatic carbocycles. The molecule has 31 heavy (non-hydrogen) atoms. The Labute approximate surface area is 181 Å². The van der Waals surface area contributed by atoms with Gasteiger partial charge in [0, 0.05) is 12.8 Å². The van der Waals surface area contributed by atoms with E-state index in [0.29, 0.717) is 19.3 Å². The van der Waals surface area contributed by atoms with Crippen LogP contribution in [0.4, 0.5) is 0 Å². The number of rotatable bonds is 12. The van der Waals surface area contributed by atoms with Crippen molar-refractivity contribution in [1.82, 2.24) is 20.5 Å². The van der Waals surface area contributed by atoms with Gasteiger partial charge >= 0.3 is 0 Å². The molecule has 0 atom stereocenters. The summed E-state index contributed by atoms with van der Waals surface area (Å²) in [5.41, 5.74) is 4.28. The minimum Gasteiger partial charge on any atom is -0.278 e. The summed E-state index contributed by atoms with van der Waals surface area (Å²) in [4.78, 5) is 27.7. The molecule has 0 bridgehead atoms. The third-order valence-corrected chi connectivity index (χ3v) is 6.59. The molecule has 12 heteroatoms. The maximum atomic E-state index is 12.0. The lowest BCUT2D eigenvalue weighted by Crippen LogP contribution is -2.41. The highest BCUT2D eigenvalue weighted by atomic mass is 32.2. The van der Waals surface area contributed by atoms with E-state index < -0.39 is 31.9 Å². The second-order valence-corrected chi connectivity index (χ2v) is 9.86. The predicted molar refractivity (Wildman–Crippen MR) is 113 cm³/mol. The number of amides is 2. The number of benzene rings is 2. The summed E-state index contributed by atoms with van der Waals surface area (Å²) < 4.78 is 48.0. The number of unbranched alkanes of at least 4 members (excludes halogenated alkanes) is 2. The Kier molecular flexibility index (Phi) is 9.12. The Morgan fingerprint density at radius 1 is 0.581 bits per heavy atom. The number of hydrogen-bond donors (Lipinski definition) is 4. The molecule has 0 saturated heterocycles. The SMILES string of the molecule is O=C(CCCCCC(=O)NNS(=O)(=O)c1ccccc1)NNS(=O)(=O)c1ccccc1. The van der Waals surface area contributed by atoms with Gasteiger partial charge in [-0.05, 0) is 37.1 Å². The fourth-order valence-electron chi connectivity index (χ4n) is 2.44. The molecule has 168 valence electrons. The molecule has 0 fully saturated rings. The van der Waals surface area contributed by atoms with Crippen molar-refractivity contribution in [3.05, 3.63) is 60.7 Å². The van der Waals surface area contributed by atoms with Crippen LogP contribution in [0.1, 0.15) is 32.1 Å². The van der Waals surface area contributed by atoms with Gasteiger partial charge in [0.15, 0.2) is 0 Å². The molecule has 0 radical (unpaired) electrons. The van der Waals surface area contributed by atoms with Crippen LogP contribution in [-0.2, 0) is 29.6 Å². The normalized spacial score (nSPS) is 11.6. The zero-order valence-corrected chi connectivity index (χ0v) is 18.2. The summed E-state index contributed by atoms with van der Waals surface area (Å²) in [5.74, 6) is -1.00. The highest BCUT2D eigenvalue weighted by Crippen LogP contribution is 2.08. The van der Waals surface area contributed by atoms with E-state index in [2.05, 4.69) is 10.9 Å². The van der Waals surface area contributed by atoms with Gasteiger partial charge in [-0.1, -0.05) is 42.8 Å². The van der Waals surface area contributed by atoms with E-state index in [4.69, 9.17) is 0 Å². The monoisotopic (exact) mass is 468 g/mol. The van der Waals surface area contributed by atoms with E-state index in [1.807, 2.05) is 9.66 Å². The van der Waals surface area contributed by atoms with Crippen molar-refractivity contribution in [2.75, 3.05) is 0 Å². The van der Waals surface area contributed by atoms with Crippen molar-refractivity contribution in [3.63, 3.8) is 0 Å². The minimum absolute atomic E-state index is 0.0317. The van der Waals surface area contributed by atoms with Crippen LogP contribution in [0.2, 0.25) is 0 Å². The number of hydrazine groups is 2. The minimum atomic E-state index is -3.83. The molecule has 0 aliphatic rings. The standard InChI is InChI=1S/C19H24N4O6S2/c24-18(20-22-30(26,27)16-10-4-1-5-11-16)14-8-3-9-15-19(25)21-23-31(28,29)17-12-6-2-7-13-17/h1-2,4-7,10-13,22-23H,3,8-9,14-15H2,(H,20,24)(H,21,25). The number of nitrogens with one attached hydrogen (secondary N) is 4. The smallest absolute Gasteiger partial charge is 0.257 e. The van der Waals surface area contributed by atoms with Gasteiger partial charge in [0.2, 0.25) is 11.8 Å². The maximum Gasteiger partial charge on any atom is 0.257 e. The van der Waals surface area contributed by atoms with E-state index in [-0.39, 0.29) is 22.6 Å². The van der Waals surface area contributed by atoms with Crippen LogP contribution < -0.4 is 20.5 Å². The van der Waals surface area contributed by atoms with Gasteiger partial charge in [-0.25, -0.2) is 16.8 Å². The molecule has 0 spiro atoms. The van der Waals surface area contributed by atoms with Gasteiger partial charge in [0.25, 0.3) is 20.0 Å². The maximum absolute atomic E-state index is 12.0. The first-order chi connectivity index (χ1) is 14.7. The lowest BCUT2D eigenvalue weighted by Gasteiger charge is -2.09. The first-order valence-corrected chi connectivity index (χ1v) is 12.4. The van der Waals surface area contributed by atoms with Crippen LogP contribution in [0, 0.1) is 0 Å². The zero-order chi connectivity index (χ0) is 22.7. The van der Waals surface area contributed by atoms with Gasteiger partial charge in [-0.3, -0.25) is 20.4 Å². The van der Waals surface area contributed by atoms with E-state index in [1.54, 1.807) is 36.4 Å². The second-order valence-electron chi connectivity index (χ2n) is 6.49. The van der Waals surface area contributed by atoms with E-state index in [0.717, 1.165) is 0 Å². The Hall–Kier alpha value is -2.80. The topological polar surface area (TPSA) is 151 Å². The molecule has 0 unspecified atom stereocenters. The lowest BCUT2D eigenvalue weighted by atomic mass is 10.1. The van der Waals surface area contributed by atoms with Crippen LogP contribution >= 0.6 is 0 Å². The molecule has 2 rings (SSSR count). The molecular formula is C19H24N4O6S2. The van der Waals surface area contributed by atoms with Crippen molar-refractivity contribution in [2.24, 2.45) is 0 Å². The second kappa shape index (κ2) is 11.6. The average Bonchev–Trinajstić information content (AvgIpc) is 2.77. The van der Waals surface area contributed by atoms with Crippen molar-refractivity contribution in [2.45, 2.75) is 41.9 Å². The van der Waals surface area contributed by atoms with Crippen LogP contribution in [0.15, 0.2) is 70.5 Å². The third-order valence-electron chi connectivity index (χ3n) is 4.06. The molecule has 2 aromatic rings. The molecular weight excluding hydrogens is 444 g/mol. The molecule has 2 aromatic carbocycles. The summed E-state index contributed by atoms with van der Waals surface area (Å²) in [6, 6.07) is 15.2. The van der Waals surface area contributed by atoms with Gasteiger partial charge < -0.3 is 0 Å². The van der Waals surface area contributed by atoms with Crippen LogP contribution in [0.3, 0.4) is 0 Å². The highest BCUT2D eigenvalue weighted by Gasteiger charge is 2.15. The summed E-state index contributed by atoms with van der Waals surface area (Å²) >= 11 is 0. The summed E-state index contributed by atoms with van der Waals surface area (Å²) in [6.45, 7) is 0. The molecule has 0 aliphatic heterocycles. The van der Waals surface area contributed by atoms with Crippen molar-refractivity contribution in [3.8, 4) is 0 Å². The molecule has 10 nitrogen and oxygen atoms in total. The van der Waals surface area contributed by atoms with Gasteiger partial charge in [-0.15, -0.1) is 9.66 Å². The predicted octanol–water partition coefficient (Wildman–Crippen LogP) is 0.956. The zero-order valence-electron chi connectivity index (χ0n) is 16.6. The number of carbonyl (C=O) groups is 2. The Balaban J connectivity index is 1.60. The van der Waals surface area contributed by atoms with Gasteiger partial charge in [-0.2, -0.15) is 0 Å². The Morgan fingerprint density at radius 2 is 0.935 bits per heavy atom. The Morgan fingerprint density at radius 3 is 1.29 bits per heavy atom. The fourth-order valence-corrected chi connectivity index (χ4v) is 4.20. The third kappa shape index (κ3) is 8.45. The molecule has 0 aromatic heterocycles. The van der Waals surface area contributed by atoms with E-state index >= 15 is 0 Å². The van der Waals surface area contributed by atoms with Crippen molar-refractivity contribution in [1.29, 1.82) is 0 Å². The van der Waals surface area contributed by atoms with Crippen LogP contribution in [0.25, 0.3) is 0 Å². The molecule has 4 N–H and O–H groups in total. The first-order valence-electron chi connectivity index (χ1n) is 9.42. The van der Waals surface area contributed by atoms with E-state index in [9.17, 15) is 26.4 Å². The van der Waals surface area contributed by atoms with Crippen LogP contribution in [0.5, 0.6) is 0 Å². The highest BCUT2D eigenvalue weighted by molar-refractivity contribution is 7.89. The number of carbonyl (C=O) groups excluding carboxylic acids is 2. The summed E-state index contributed by atoms with van der Waals surface area (Å²) in [5, 5.41) is 0. The Bertz CT molecular complexity index is 987. The summed E-state index contributed by atoms with van der Waals surface area (Å²) in [7, 11) is -7.66. The number of hydrogen-bond acceptors (Lipinski definition) is 6. The largest absolute Gasteiger partial charge is 0.278 e. The molecule has 0 heterocycles. The quantitative estimate of drug-likeness (QED) is 0.269. The lowest BCUT2D eigenvalue weighted by molar-refractivity contribution is -0.122. The van der Waals surface area contributed by atoms with Crippen molar-refractivity contribution >= 4 is 31.9 Å². The van der Waals surface area contributed by atoms with Gasteiger partial charge in [0.1, 0.15) is 0 Å². The molecule has 0 saturated carbocycles. The van der Waals surface area contributed by atoms with E-state index in [1.165, 1.54) is 24.3 Å². The fraction of sp³-hybridized carbons (Fsp3) is 0.263. The first kappa shape index (κ1) is 24.5. The number of sulfonamides is 2. The molecule has 2 amide bonds. The van der Waals surface area contributed by atoms with Crippen molar-refractivity contribution < 1.29 is 26.4 Å². The average molecular weight is 469 g/mol. The van der Waals surface area contributed by atoms with Crippen LogP contribution in [-0.4, -0.2) is 28.6 Å². The summed E-state index contributed by atoms with van der Waals surface area (Å²) in [6.07, 6.45) is 1.53.